The normalized spacial score (nSPS) is 15.6. The van der Waals surface area contributed by atoms with Gasteiger partial charge in [0.2, 0.25) is 9.04 Å². The molecule has 0 aliphatic carbocycles. The fourth-order valence-electron chi connectivity index (χ4n) is 6.55. The van der Waals surface area contributed by atoms with Gasteiger partial charge in [0.25, 0.3) is 5.91 Å². The molecule has 3 aromatic rings. The Morgan fingerprint density at radius 1 is 1.03 bits per heavy atom. The molecule has 2 heterocycles. The summed E-state index contributed by atoms with van der Waals surface area (Å²) in [5, 5.41) is 7.11. The smallest absolute Gasteiger partial charge is 0.419 e. The molecule has 0 fully saturated rings. The number of carbonyl (C=O) groups excluding carboxylic acids is 2. The number of aromatic nitrogens is 1. The predicted molar refractivity (Wildman–Crippen MR) is 234 cm³/mol. The highest BCUT2D eigenvalue weighted by Gasteiger charge is 2.40. The molecule has 1 radical (unpaired) electrons. The average molecular weight is 861 g/mol. The van der Waals surface area contributed by atoms with Gasteiger partial charge in [0.05, 0.1) is 42.3 Å². The summed E-state index contributed by atoms with van der Waals surface area (Å²) in [5.41, 5.74) is 0.927. The molecule has 58 heavy (non-hydrogen) atoms. The number of hydrogen-bond donors (Lipinski definition) is 2. The summed E-state index contributed by atoms with van der Waals surface area (Å²) in [6.07, 6.45) is 0.962. The van der Waals surface area contributed by atoms with E-state index in [0.717, 1.165) is 12.7 Å². The van der Waals surface area contributed by atoms with Gasteiger partial charge in [0, 0.05) is 35.6 Å². The third kappa shape index (κ3) is 12.1. The van der Waals surface area contributed by atoms with Gasteiger partial charge in [-0.15, -0.1) is 0 Å². The van der Waals surface area contributed by atoms with E-state index >= 15 is 0 Å². The van der Waals surface area contributed by atoms with Crippen LogP contribution in [0.1, 0.15) is 91.6 Å². The summed E-state index contributed by atoms with van der Waals surface area (Å²) in [7, 11) is -5.73. The first-order chi connectivity index (χ1) is 26.5. The average Bonchev–Trinajstić information content (AvgIpc) is 3.63. The molecule has 1 aliphatic heterocycles. The lowest BCUT2D eigenvalue weighted by molar-refractivity contribution is 0.0546. The number of amides is 1. The maximum Gasteiger partial charge on any atom is 0.419 e. The Bertz CT molecular complexity index is 2080. The van der Waals surface area contributed by atoms with Crippen molar-refractivity contribution < 1.29 is 45.3 Å². The van der Waals surface area contributed by atoms with E-state index in [0.29, 0.717) is 40.0 Å². The summed E-state index contributed by atoms with van der Waals surface area (Å²) in [6, 6.07) is 8.80. The van der Waals surface area contributed by atoms with Crippen LogP contribution in [-0.4, -0.2) is 92.7 Å². The maximum atomic E-state index is 14.0. The van der Waals surface area contributed by atoms with Gasteiger partial charge in [0.1, 0.15) is 18.0 Å². The number of hydrogen-bond acceptors (Lipinski definition) is 11. The summed E-state index contributed by atoms with van der Waals surface area (Å²) in [6.45, 7) is 30.5. The first-order valence-electron chi connectivity index (χ1n) is 19.8. The molecule has 2 N–H and O–H groups in total. The fourth-order valence-corrected chi connectivity index (χ4v) is 9.27. The van der Waals surface area contributed by atoms with E-state index in [1.54, 1.807) is 39.0 Å². The summed E-state index contributed by atoms with van der Waals surface area (Å²) in [4.78, 5) is 27.4. The van der Waals surface area contributed by atoms with Crippen molar-refractivity contribution in [2.45, 2.75) is 137 Å². The molecule has 16 heteroatoms. The number of benzene rings is 2. The van der Waals surface area contributed by atoms with Crippen molar-refractivity contribution in [1.82, 2.24) is 15.2 Å². The molecular formula is C42H66N3O10SSi2. The van der Waals surface area contributed by atoms with Crippen molar-refractivity contribution in [2.24, 2.45) is 5.41 Å². The summed E-state index contributed by atoms with van der Waals surface area (Å²) >= 11 is 0. The van der Waals surface area contributed by atoms with Crippen LogP contribution in [0.15, 0.2) is 30.3 Å². The zero-order chi connectivity index (χ0) is 43.8. The van der Waals surface area contributed by atoms with E-state index in [-0.39, 0.29) is 58.9 Å². The van der Waals surface area contributed by atoms with Crippen molar-refractivity contribution in [3.05, 3.63) is 41.5 Å². The zero-order valence-electron chi connectivity index (χ0n) is 37.4. The minimum Gasteiger partial charge on any atom is -0.493 e. The Kier molecular flexibility index (Phi) is 14.4. The molecule has 1 amide bonds. The third-order valence-electron chi connectivity index (χ3n) is 10.2. The van der Waals surface area contributed by atoms with Crippen LogP contribution in [0.25, 0.3) is 22.2 Å². The molecular weight excluding hydrogens is 795 g/mol. The van der Waals surface area contributed by atoms with Crippen LogP contribution in [-0.2, 0) is 30.3 Å². The third-order valence-corrected chi connectivity index (χ3v) is 16.0. The molecule has 1 aromatic heterocycles. The Morgan fingerprint density at radius 3 is 2.24 bits per heavy atom. The van der Waals surface area contributed by atoms with Crippen molar-refractivity contribution in [2.75, 3.05) is 26.5 Å². The largest absolute Gasteiger partial charge is 0.493 e. The van der Waals surface area contributed by atoms with E-state index in [4.69, 9.17) is 27.2 Å². The van der Waals surface area contributed by atoms with Gasteiger partial charge < -0.3 is 37.9 Å². The monoisotopic (exact) mass is 860 g/mol. The highest BCUT2D eigenvalue weighted by atomic mass is 32.2. The van der Waals surface area contributed by atoms with Crippen molar-refractivity contribution in [3.63, 3.8) is 0 Å². The predicted octanol–water partition coefficient (Wildman–Crippen LogP) is 8.50. The molecule has 3 atom stereocenters. The molecule has 0 saturated heterocycles. The number of methoxy groups -OCH3 is 1. The molecule has 3 unspecified atom stereocenters. The van der Waals surface area contributed by atoms with Crippen molar-refractivity contribution >= 4 is 50.4 Å². The standard InChI is InChI=1S/C42H66N3O10SSi2/c1-26(35(54-57(13)14)22-40(2,3)4)43-23-29(55-58(15,16)42(8,9)10)25-51-28-17-18-32-27(19-28)20-33(45(32)39(47)52-41(5,6)7)30-21-34(50-11)37(53-56(12,48)49)31-24-44-38(46)36(30)31/h17-21,26,29,35,43H,22-25H2,1-16H3,(H,44,46). The highest BCUT2D eigenvalue weighted by Crippen LogP contribution is 2.44. The molecule has 1 aliphatic rings. The van der Waals surface area contributed by atoms with E-state index in [2.05, 4.69) is 85.3 Å². The van der Waals surface area contributed by atoms with Gasteiger partial charge in [-0.25, -0.2) is 9.36 Å². The molecule has 0 saturated carbocycles. The molecule has 323 valence electrons. The first kappa shape index (κ1) is 47.3. The van der Waals surface area contributed by atoms with Gasteiger partial charge in [-0.1, -0.05) is 41.5 Å². The number of rotatable bonds is 16. The van der Waals surface area contributed by atoms with Crippen LogP contribution in [0.5, 0.6) is 17.2 Å². The molecule has 4 rings (SSSR count). The van der Waals surface area contributed by atoms with Crippen LogP contribution < -0.4 is 24.3 Å². The Balaban J connectivity index is 1.76. The molecule has 13 nitrogen and oxygen atoms in total. The number of fused-ring (bicyclic) bond motifs is 2. The highest BCUT2D eigenvalue weighted by molar-refractivity contribution is 7.86. The minimum absolute atomic E-state index is 0.00286. The minimum atomic E-state index is -3.97. The second-order valence-corrected chi connectivity index (χ2v) is 27.6. The molecule has 0 bridgehead atoms. The Labute approximate surface area is 348 Å². The second kappa shape index (κ2) is 17.7. The quantitative estimate of drug-likeness (QED) is 0.105. The fraction of sp³-hybridized carbons (Fsp3) is 0.619. The topological polar surface area (TPSA) is 153 Å². The summed E-state index contributed by atoms with van der Waals surface area (Å²) < 4.78 is 62.6. The van der Waals surface area contributed by atoms with Gasteiger partial charge in [-0.05, 0) is 101 Å². The SMILES string of the molecule is COc1cc(-c2cc3cc(OCC(CNC(C)C(CC(C)(C)C)O[Si](C)C)O[Si](C)(C)C(C)(C)C)ccc3n2C(=O)OC(C)(C)C)c2c(c1OS(C)(=O)=O)CNC2=O. The molecule has 2 aromatic carbocycles. The first-order valence-corrected chi connectivity index (χ1v) is 26.9. The Hall–Kier alpha value is -3.42. The van der Waals surface area contributed by atoms with Crippen molar-refractivity contribution in [1.29, 1.82) is 0 Å². The van der Waals surface area contributed by atoms with E-state index in [9.17, 15) is 18.0 Å². The van der Waals surface area contributed by atoms with Crippen LogP contribution in [0.4, 0.5) is 4.79 Å². The number of ether oxygens (including phenoxy) is 3. The second-order valence-electron chi connectivity index (χ2n) is 19.2. The van der Waals surface area contributed by atoms with Crippen LogP contribution in [0, 0.1) is 5.41 Å². The van der Waals surface area contributed by atoms with Gasteiger partial charge in [-0.2, -0.15) is 8.42 Å². The van der Waals surface area contributed by atoms with Crippen LogP contribution in [0.2, 0.25) is 31.2 Å². The lowest BCUT2D eigenvalue weighted by Crippen LogP contribution is -2.51. The summed E-state index contributed by atoms with van der Waals surface area (Å²) in [5.74, 6) is 0.106. The lowest BCUT2D eigenvalue weighted by Gasteiger charge is -2.40. The Morgan fingerprint density at radius 2 is 1.69 bits per heavy atom. The number of nitrogens with zero attached hydrogens (tertiary/aromatic N) is 1. The van der Waals surface area contributed by atoms with Crippen molar-refractivity contribution in [3.8, 4) is 28.5 Å². The van der Waals surface area contributed by atoms with Gasteiger partial charge >= 0.3 is 16.2 Å². The van der Waals surface area contributed by atoms with E-state index in [1.807, 2.05) is 6.07 Å². The maximum absolute atomic E-state index is 14.0. The number of nitrogens with one attached hydrogen (secondary N) is 2. The van der Waals surface area contributed by atoms with Crippen LogP contribution in [0.3, 0.4) is 0 Å². The van der Waals surface area contributed by atoms with E-state index in [1.165, 1.54) is 17.7 Å². The number of carbonyl (C=O) groups is 2. The lowest BCUT2D eigenvalue weighted by atomic mass is 9.87. The van der Waals surface area contributed by atoms with E-state index < -0.39 is 45.1 Å². The van der Waals surface area contributed by atoms with Crippen LogP contribution >= 0.6 is 0 Å². The zero-order valence-corrected chi connectivity index (χ0v) is 40.2. The van der Waals surface area contributed by atoms with Gasteiger partial charge in [-0.3, -0.25) is 4.79 Å². The molecule has 0 spiro atoms. The van der Waals surface area contributed by atoms with Gasteiger partial charge in [0.15, 0.2) is 19.8 Å².